The molecule has 0 aliphatic rings. The Morgan fingerprint density at radius 3 is 1.86 bits per heavy atom. The zero-order chi connectivity index (χ0) is 15.2. The Morgan fingerprint density at radius 2 is 1.38 bits per heavy atom. The van der Waals surface area contributed by atoms with Gasteiger partial charge in [-0.2, -0.15) is 0 Å². The van der Waals surface area contributed by atoms with Crippen molar-refractivity contribution < 1.29 is 5.11 Å². The molecule has 0 amide bonds. The molecular formula is C18H16Cl2O. The average molecular weight is 319 g/mol. The maximum atomic E-state index is 10.3. The van der Waals surface area contributed by atoms with Gasteiger partial charge in [0.2, 0.25) is 0 Å². The van der Waals surface area contributed by atoms with Crippen molar-refractivity contribution in [3.63, 3.8) is 0 Å². The van der Waals surface area contributed by atoms with Crippen molar-refractivity contribution in [1.82, 2.24) is 0 Å². The van der Waals surface area contributed by atoms with Crippen LogP contribution in [0.5, 0.6) is 0 Å². The standard InChI is InChI=1S/C18H16Cl2O/c1-2-3-15(13-4-8-16(19)9-5-13)12-18(21)14-6-10-17(20)11-7-14/h3-12,21H,2H2,1H3/b15-3+,18-12-. The molecule has 0 saturated carbocycles. The van der Waals surface area contributed by atoms with Crippen LogP contribution in [0.3, 0.4) is 0 Å². The van der Waals surface area contributed by atoms with E-state index in [0.29, 0.717) is 10.0 Å². The van der Waals surface area contributed by atoms with E-state index in [2.05, 4.69) is 13.0 Å². The molecule has 1 nitrogen and oxygen atoms in total. The van der Waals surface area contributed by atoms with E-state index in [4.69, 9.17) is 23.2 Å². The summed E-state index contributed by atoms with van der Waals surface area (Å²) in [7, 11) is 0. The molecule has 0 aliphatic carbocycles. The SMILES string of the molecule is CC/C=C(\C=C(/O)c1ccc(Cl)cc1)c1ccc(Cl)cc1. The lowest BCUT2D eigenvalue weighted by molar-refractivity contribution is 0.512. The summed E-state index contributed by atoms with van der Waals surface area (Å²) in [5, 5.41) is 11.6. The van der Waals surface area contributed by atoms with Crippen molar-refractivity contribution in [1.29, 1.82) is 0 Å². The van der Waals surface area contributed by atoms with Gasteiger partial charge in [0.25, 0.3) is 0 Å². The predicted molar refractivity (Wildman–Crippen MR) is 91.8 cm³/mol. The number of allylic oxidation sites excluding steroid dienone is 3. The number of rotatable bonds is 4. The Hall–Kier alpha value is -1.70. The third-order valence-electron chi connectivity index (χ3n) is 3.03. The van der Waals surface area contributed by atoms with Crippen molar-refractivity contribution in [3.8, 4) is 0 Å². The quantitative estimate of drug-likeness (QED) is 0.511. The largest absolute Gasteiger partial charge is 0.507 e. The van der Waals surface area contributed by atoms with E-state index in [1.807, 2.05) is 24.3 Å². The second-order valence-electron chi connectivity index (χ2n) is 4.61. The highest BCUT2D eigenvalue weighted by atomic mass is 35.5. The molecule has 2 aromatic carbocycles. The van der Waals surface area contributed by atoms with E-state index in [1.165, 1.54) is 0 Å². The summed E-state index contributed by atoms with van der Waals surface area (Å²) >= 11 is 11.8. The van der Waals surface area contributed by atoms with E-state index >= 15 is 0 Å². The normalized spacial score (nSPS) is 12.5. The molecule has 0 spiro atoms. The van der Waals surface area contributed by atoms with Crippen LogP contribution in [0, 0.1) is 0 Å². The number of aliphatic hydroxyl groups excluding tert-OH is 1. The summed E-state index contributed by atoms with van der Waals surface area (Å²) in [6, 6.07) is 14.7. The van der Waals surface area contributed by atoms with Gasteiger partial charge in [0.15, 0.2) is 0 Å². The monoisotopic (exact) mass is 318 g/mol. The van der Waals surface area contributed by atoms with Gasteiger partial charge in [-0.05, 0) is 60.0 Å². The van der Waals surface area contributed by atoms with Gasteiger partial charge in [0.1, 0.15) is 5.76 Å². The number of hydrogen-bond donors (Lipinski definition) is 1. The fraction of sp³-hybridized carbons (Fsp3) is 0.111. The first-order valence-corrected chi connectivity index (χ1v) is 7.48. The summed E-state index contributed by atoms with van der Waals surface area (Å²) in [5.41, 5.74) is 2.71. The molecule has 0 bridgehead atoms. The molecule has 0 heterocycles. The first kappa shape index (κ1) is 15.7. The van der Waals surface area contributed by atoms with Gasteiger partial charge in [0.05, 0.1) is 0 Å². The number of hydrogen-bond acceptors (Lipinski definition) is 1. The van der Waals surface area contributed by atoms with Crippen LogP contribution in [-0.4, -0.2) is 5.11 Å². The smallest absolute Gasteiger partial charge is 0.123 e. The maximum absolute atomic E-state index is 10.3. The Kier molecular flexibility index (Phi) is 5.49. The van der Waals surface area contributed by atoms with Gasteiger partial charge < -0.3 is 5.11 Å². The fourth-order valence-corrected chi connectivity index (χ4v) is 2.23. The fourth-order valence-electron chi connectivity index (χ4n) is 1.97. The first-order chi connectivity index (χ1) is 10.1. The van der Waals surface area contributed by atoms with E-state index < -0.39 is 0 Å². The maximum Gasteiger partial charge on any atom is 0.123 e. The molecule has 0 unspecified atom stereocenters. The van der Waals surface area contributed by atoms with Gasteiger partial charge in [-0.25, -0.2) is 0 Å². The highest BCUT2D eigenvalue weighted by Crippen LogP contribution is 2.24. The molecule has 1 N–H and O–H groups in total. The summed E-state index contributed by atoms with van der Waals surface area (Å²) in [6.45, 7) is 2.06. The van der Waals surface area contributed by atoms with Crippen molar-refractivity contribution in [2.75, 3.05) is 0 Å². The minimum Gasteiger partial charge on any atom is -0.507 e. The molecule has 0 aliphatic heterocycles. The number of aliphatic hydroxyl groups is 1. The Morgan fingerprint density at radius 1 is 0.905 bits per heavy atom. The molecule has 0 atom stereocenters. The summed E-state index contributed by atoms with van der Waals surface area (Å²) in [5.74, 6) is 0.210. The summed E-state index contributed by atoms with van der Waals surface area (Å²) in [4.78, 5) is 0. The van der Waals surface area contributed by atoms with Gasteiger partial charge in [-0.1, -0.05) is 48.3 Å². The predicted octanol–water partition coefficient (Wildman–Crippen LogP) is 6.39. The number of halogens is 2. The molecule has 21 heavy (non-hydrogen) atoms. The molecule has 2 rings (SSSR count). The third-order valence-corrected chi connectivity index (χ3v) is 3.54. The van der Waals surface area contributed by atoms with Crippen LogP contribution in [0.25, 0.3) is 11.3 Å². The van der Waals surface area contributed by atoms with Gasteiger partial charge >= 0.3 is 0 Å². The van der Waals surface area contributed by atoms with Gasteiger partial charge in [-0.15, -0.1) is 0 Å². The topological polar surface area (TPSA) is 20.2 Å². The van der Waals surface area contributed by atoms with Crippen LogP contribution >= 0.6 is 23.2 Å². The highest BCUT2D eigenvalue weighted by Gasteiger charge is 2.03. The molecular weight excluding hydrogens is 303 g/mol. The van der Waals surface area contributed by atoms with Gasteiger partial charge in [-0.3, -0.25) is 0 Å². The van der Waals surface area contributed by atoms with E-state index in [1.54, 1.807) is 30.3 Å². The molecule has 0 fully saturated rings. The average Bonchev–Trinajstić information content (AvgIpc) is 2.48. The van der Waals surface area contributed by atoms with Crippen molar-refractivity contribution >= 4 is 34.5 Å². The number of benzene rings is 2. The summed E-state index contributed by atoms with van der Waals surface area (Å²) in [6.07, 6.45) is 4.70. The minimum atomic E-state index is 0.210. The van der Waals surface area contributed by atoms with E-state index in [0.717, 1.165) is 23.1 Å². The van der Waals surface area contributed by atoms with E-state index in [-0.39, 0.29) is 5.76 Å². The zero-order valence-electron chi connectivity index (χ0n) is 11.7. The Bertz CT molecular complexity index is 653. The van der Waals surface area contributed by atoms with Crippen LogP contribution in [0.2, 0.25) is 10.0 Å². The molecule has 0 radical (unpaired) electrons. The van der Waals surface area contributed by atoms with Crippen molar-refractivity contribution in [2.24, 2.45) is 0 Å². The second kappa shape index (κ2) is 7.35. The van der Waals surface area contributed by atoms with Crippen molar-refractivity contribution in [3.05, 3.63) is 81.9 Å². The molecule has 0 aromatic heterocycles. The van der Waals surface area contributed by atoms with Gasteiger partial charge in [0, 0.05) is 15.6 Å². The highest BCUT2D eigenvalue weighted by molar-refractivity contribution is 6.30. The zero-order valence-corrected chi connectivity index (χ0v) is 13.2. The lowest BCUT2D eigenvalue weighted by Gasteiger charge is -2.06. The third kappa shape index (κ3) is 4.38. The lowest BCUT2D eigenvalue weighted by atomic mass is 10.0. The van der Waals surface area contributed by atoms with E-state index in [9.17, 15) is 5.11 Å². The summed E-state index contributed by atoms with van der Waals surface area (Å²) < 4.78 is 0. The van der Waals surface area contributed by atoms with Crippen LogP contribution in [0.1, 0.15) is 24.5 Å². The Labute approximate surface area is 135 Å². The van der Waals surface area contributed by atoms with Crippen LogP contribution in [0.4, 0.5) is 0 Å². The second-order valence-corrected chi connectivity index (χ2v) is 5.48. The van der Waals surface area contributed by atoms with Crippen LogP contribution in [-0.2, 0) is 0 Å². The molecule has 3 heteroatoms. The van der Waals surface area contributed by atoms with Crippen LogP contribution < -0.4 is 0 Å². The molecule has 2 aromatic rings. The van der Waals surface area contributed by atoms with Crippen molar-refractivity contribution in [2.45, 2.75) is 13.3 Å². The lowest BCUT2D eigenvalue weighted by Crippen LogP contribution is -1.86. The Balaban J connectivity index is 2.35. The molecule has 0 saturated heterocycles. The first-order valence-electron chi connectivity index (χ1n) is 6.73. The van der Waals surface area contributed by atoms with Crippen LogP contribution in [0.15, 0.2) is 60.7 Å². The minimum absolute atomic E-state index is 0.210. The molecule has 108 valence electrons.